The first-order chi connectivity index (χ1) is 42.2. The number of nitrogens with zero attached hydrogens (tertiary/aromatic N) is 15. The molecule has 37 nitrogen and oxygen atoms in total. The second-order valence-corrected chi connectivity index (χ2v) is 31.4. The first kappa shape index (κ1) is 62.9. The number of hydrogen-bond acceptors (Lipinski definition) is 32. The minimum Gasteiger partial charge on any atom is -0.387 e. The topological polar surface area (TPSA) is 481 Å². The zero-order valence-corrected chi connectivity index (χ0v) is 51.6. The summed E-state index contributed by atoms with van der Waals surface area (Å²) in [6.07, 6.45) is -16.1. The van der Waals surface area contributed by atoms with Gasteiger partial charge in [0.1, 0.15) is 90.5 Å². The van der Waals surface area contributed by atoms with Crippen molar-refractivity contribution in [2.75, 3.05) is 43.6 Å². The van der Waals surface area contributed by atoms with Crippen molar-refractivity contribution in [3.8, 4) is 0 Å². The lowest BCUT2D eigenvalue weighted by Crippen LogP contribution is -2.35. The molecule has 478 valence electrons. The maximum Gasteiger partial charge on any atom is 0.386 e. The van der Waals surface area contributed by atoms with Crippen LogP contribution in [-0.4, -0.2) is 198 Å². The second-order valence-electron chi connectivity index (χ2n) is 20.1. The number of aliphatic hydroxyl groups is 1. The number of imidazole rings is 4. The average molecular weight is 1400 g/mol. The molecular weight excluding hydrogens is 1360 g/mol. The molecule has 6 aliphatic heterocycles. The van der Waals surface area contributed by atoms with E-state index in [1.807, 2.05) is 0 Å². The Morgan fingerprint density at radius 2 is 0.955 bits per heavy atom. The van der Waals surface area contributed by atoms with Crippen molar-refractivity contribution in [3.05, 3.63) is 60.3 Å². The van der Waals surface area contributed by atoms with Gasteiger partial charge in [-0.3, -0.25) is 50.7 Å². The van der Waals surface area contributed by atoms with Gasteiger partial charge in [-0.05, 0) is 42.3 Å². The Hall–Kier alpha value is -4.92. The highest BCUT2D eigenvalue weighted by Gasteiger charge is 2.56. The van der Waals surface area contributed by atoms with E-state index in [1.54, 1.807) is 6.92 Å². The van der Waals surface area contributed by atoms with Crippen molar-refractivity contribution in [2.24, 2.45) is 0 Å². The summed E-state index contributed by atoms with van der Waals surface area (Å²) < 4.78 is 134. The van der Waals surface area contributed by atoms with E-state index in [4.69, 9.17) is 108 Å². The predicted molar refractivity (Wildman–Crippen MR) is 308 cm³/mol. The van der Waals surface area contributed by atoms with Gasteiger partial charge in [-0.2, -0.15) is 4.98 Å². The Morgan fingerprint density at radius 3 is 1.54 bits per heavy atom. The smallest absolute Gasteiger partial charge is 0.386 e. The van der Waals surface area contributed by atoms with Crippen LogP contribution < -0.4 is 22.8 Å². The molecule has 14 heterocycles. The summed E-state index contributed by atoms with van der Waals surface area (Å²) in [6, 6.07) is 0. The third kappa shape index (κ3) is 12.0. The van der Waals surface area contributed by atoms with Crippen molar-refractivity contribution in [3.63, 3.8) is 0 Å². The van der Waals surface area contributed by atoms with E-state index in [0.717, 1.165) is 0 Å². The van der Waals surface area contributed by atoms with Gasteiger partial charge < -0.3 is 69.5 Å². The molecule has 0 spiro atoms. The number of aromatic nitrogens is 16. The first-order valence-electron chi connectivity index (χ1n) is 25.8. The predicted octanol–water partition coefficient (Wildman–Crippen LogP) is 0.968. The van der Waals surface area contributed by atoms with Gasteiger partial charge in [0, 0.05) is 0 Å². The molecule has 89 heavy (non-hydrogen) atoms. The maximum atomic E-state index is 16.0. The van der Waals surface area contributed by atoms with Crippen molar-refractivity contribution in [1.82, 2.24) is 78.1 Å². The van der Waals surface area contributed by atoms with Gasteiger partial charge in [-0.15, -0.1) is 0 Å². The maximum absolute atomic E-state index is 16.0. The van der Waals surface area contributed by atoms with Gasteiger partial charge in [0.25, 0.3) is 5.56 Å². The first-order valence-corrected chi connectivity index (χ1v) is 36.3. The van der Waals surface area contributed by atoms with Crippen LogP contribution in [0.3, 0.4) is 0 Å². The van der Waals surface area contributed by atoms with Crippen LogP contribution in [0.5, 0.6) is 0 Å². The number of nitrogens with two attached hydrogens (primary N) is 3. The minimum absolute atomic E-state index is 0.0335. The van der Waals surface area contributed by atoms with Gasteiger partial charge in [0.2, 0.25) is 5.95 Å². The van der Waals surface area contributed by atoms with Crippen LogP contribution in [0, 0.1) is 6.92 Å². The van der Waals surface area contributed by atoms with E-state index < -0.39 is 157 Å². The summed E-state index contributed by atoms with van der Waals surface area (Å²) in [4.78, 5) is 92.5. The van der Waals surface area contributed by atoms with Crippen molar-refractivity contribution >= 4 is 137 Å². The normalized spacial score (nSPS) is 38.0. The van der Waals surface area contributed by atoms with E-state index >= 15 is 13.2 Å². The lowest BCUT2D eigenvalue weighted by atomic mass is 10.1. The fourth-order valence-electron chi connectivity index (χ4n) is 10.5. The molecule has 6 fully saturated rings. The number of ether oxygens (including phenoxy) is 4. The Morgan fingerprint density at radius 1 is 0.539 bits per heavy atom. The molecule has 6 bridgehead atoms. The average Bonchev–Trinajstić information content (AvgIpc) is 2.87. The number of nitrogens with one attached hydrogen (secondary N) is 1. The number of H-pyrrole nitrogens is 1. The molecule has 0 aromatic carbocycles. The number of aliphatic hydroxyl groups excluding tert-OH is 1. The number of halogens is 3. The zero-order chi connectivity index (χ0) is 62.8. The molecule has 14 rings (SSSR count). The molecule has 11 N–H and O–H groups in total. The Kier molecular flexibility index (Phi) is 16.9. The fourth-order valence-corrected chi connectivity index (χ4v) is 16.2. The lowest BCUT2D eigenvalue weighted by Gasteiger charge is -2.27. The quantitative estimate of drug-likeness (QED) is 0.0875. The highest BCUT2D eigenvalue weighted by Crippen LogP contribution is 2.60. The van der Waals surface area contributed by atoms with Gasteiger partial charge >= 0.3 is 27.0 Å². The number of fused-ring (bicyclic) bond motifs is 11. The van der Waals surface area contributed by atoms with Crippen LogP contribution in [-0.2, 0) is 95.1 Å². The van der Waals surface area contributed by atoms with Gasteiger partial charge in [0.05, 0.1) is 57.4 Å². The van der Waals surface area contributed by atoms with Crippen LogP contribution in [0.15, 0.2) is 49.1 Å². The highest BCUT2D eigenvalue weighted by atomic mass is 32.7. The Balaban J connectivity index is 0.000000164. The van der Waals surface area contributed by atoms with E-state index in [2.05, 4.69) is 72.1 Å². The summed E-state index contributed by atoms with van der Waals surface area (Å²) >= 11 is 19.6. The number of nitrogen functional groups attached to an aromatic ring is 3. The number of anilines is 3. The van der Waals surface area contributed by atoms with Crippen LogP contribution >= 0.6 is 39.2 Å². The summed E-state index contributed by atoms with van der Waals surface area (Å²) in [5.74, 6) is -0.113. The molecule has 48 heteroatoms. The van der Waals surface area contributed by atoms with E-state index in [9.17, 15) is 29.1 Å². The number of alkyl halides is 3. The number of aryl methyl sites for hydroxylation is 1. The van der Waals surface area contributed by atoms with Crippen LogP contribution in [0.2, 0.25) is 0 Å². The van der Waals surface area contributed by atoms with Crippen LogP contribution in [0.4, 0.5) is 30.8 Å². The molecular formula is C41H46F3N19O18P4S4. The fraction of sp³-hybridized carbons (Fsp3) is 0.512. The molecule has 0 radical (unpaired) electrons. The Bertz CT molecular complexity index is 4190. The molecule has 20 atom stereocenters. The standard InChI is InChI=1S/C21H23F2N9O8P2S2.C20H23FN10O10P2S2/c1-8-13-18(27-4-25-8)31(6-29-13)20-15-11(22)9(37-20)2-35-42(34,44)40-16-12(23)10(3-36-41(33,43)39-15)38-21(16)32-7-30-14-17(24)26-5-28-19(14)32;21-8-12-7(39-18(8)30-4-26-9-14(22)24-3-25-15(9)30)2-37-43(35,45)41-13-11(32)6(1-36-42(34,44)40-12)38-19(13)31-5-27-10-16(31)28-20(23)29-17(10)33/h4-7,9-12,15-16,20-21H,2-3H2,1H3,(H,33,43)(H,34,44)(H2,24,26,28);3-8,11-13,18-19,32H,1-2H2,(H,34,44)(H,35,45)(H2,22,24,25)(H3,23,28,29,33)/t9-,10-,11-,12-,15-,16-,20-,21-,41?,42?;6-,7-,8-,11-,12-,13-,18-,19-,42?,43?/m11/s1. The summed E-state index contributed by atoms with van der Waals surface area (Å²) in [7, 11) is 0. The summed E-state index contributed by atoms with van der Waals surface area (Å²) in [5.41, 5.74) is 18.6. The van der Waals surface area contributed by atoms with Crippen LogP contribution in [0.25, 0.3) is 44.7 Å². The van der Waals surface area contributed by atoms with Gasteiger partial charge in [-0.1, -0.05) is 12.2 Å². The van der Waals surface area contributed by atoms with Crippen molar-refractivity contribution in [1.29, 1.82) is 0 Å². The summed E-state index contributed by atoms with van der Waals surface area (Å²) in [6.45, 7) is -18.0. The zero-order valence-electron chi connectivity index (χ0n) is 44.6. The molecule has 0 saturated carbocycles. The number of aromatic amines is 1. The highest BCUT2D eigenvalue weighted by molar-refractivity contribution is 8.44. The number of thiol groups is 1. The van der Waals surface area contributed by atoms with Crippen molar-refractivity contribution < 1.29 is 92.7 Å². The second kappa shape index (κ2) is 23.9. The monoisotopic (exact) mass is 1400 g/mol. The lowest BCUT2D eigenvalue weighted by molar-refractivity contribution is -0.0602. The third-order valence-corrected chi connectivity index (χ3v) is 20.9. The van der Waals surface area contributed by atoms with Crippen molar-refractivity contribution in [2.45, 2.75) is 105 Å². The molecule has 6 aliphatic rings. The van der Waals surface area contributed by atoms with E-state index in [1.165, 1.54) is 62.6 Å². The minimum atomic E-state index is -4.41. The summed E-state index contributed by atoms with van der Waals surface area (Å²) in [5, 5.41) is 11.1. The molecule has 8 aromatic rings. The molecule has 6 saturated heterocycles. The molecule has 0 amide bonds. The Labute approximate surface area is 514 Å². The molecule has 4 unspecified atom stereocenters. The third-order valence-electron chi connectivity index (χ3n) is 14.6. The molecule has 8 aromatic heterocycles. The number of rotatable bonds is 4. The largest absolute Gasteiger partial charge is 0.387 e. The SMILES string of the molecule is Cc1ncnc2c1ncn2[C@@H]1O[C@@H]2COP(O)(=S)O[C@@H]3[C@H](F)[C@@H](COP(=O)(S)O[C@@H]1[C@@H]2F)O[C@H]3n1cnc2c(N)ncnc21.Nc1nc2c(ncn2[C@@H]2O[C@@H]3COP(O)(=S)O[C@H]4[C@@H](F)[C@H](n5cnc6c(N)ncnc65)O[C@@H]4COP(O)(=S)O[C@@H]2[C@@H]3O)c(=O)[nH]1. The van der Waals surface area contributed by atoms with Gasteiger partial charge in [0.15, 0.2) is 83.2 Å². The molecule has 0 aliphatic carbocycles. The van der Waals surface area contributed by atoms with Crippen LogP contribution in [0.1, 0.15) is 30.6 Å². The van der Waals surface area contributed by atoms with E-state index in [-0.39, 0.29) is 56.7 Å². The number of hydrogen-bond donors (Lipinski definition) is 9. The van der Waals surface area contributed by atoms with E-state index in [0.29, 0.717) is 11.2 Å². The van der Waals surface area contributed by atoms with Gasteiger partial charge in [-0.25, -0.2) is 67.6 Å².